The van der Waals surface area contributed by atoms with Gasteiger partial charge in [-0.2, -0.15) is 0 Å². The highest BCUT2D eigenvalue weighted by Gasteiger charge is 2.15. The van der Waals surface area contributed by atoms with Crippen molar-refractivity contribution in [1.29, 1.82) is 0 Å². The normalized spacial score (nSPS) is 12.3. The molecule has 0 aliphatic heterocycles. The molecular formula is C12H15F2NO2. The Morgan fingerprint density at radius 1 is 1.41 bits per heavy atom. The smallest absolute Gasteiger partial charge is 0.222 e. The molecule has 0 saturated carbocycles. The maximum absolute atomic E-state index is 13.3. The second kappa shape index (κ2) is 5.72. The summed E-state index contributed by atoms with van der Waals surface area (Å²) < 4.78 is 26.2. The van der Waals surface area contributed by atoms with Gasteiger partial charge in [-0.25, -0.2) is 8.78 Å². The number of carbonyl (C=O) groups excluding carboxylic acids is 1. The number of carbonyl (C=O) groups is 1. The number of rotatable bonds is 4. The van der Waals surface area contributed by atoms with Gasteiger partial charge in [0.1, 0.15) is 11.6 Å². The van der Waals surface area contributed by atoms with Crippen LogP contribution in [-0.2, 0) is 4.79 Å². The van der Waals surface area contributed by atoms with E-state index in [1.54, 1.807) is 14.1 Å². The molecule has 0 radical (unpaired) electrons. The molecular weight excluding hydrogens is 228 g/mol. The van der Waals surface area contributed by atoms with E-state index < -0.39 is 17.7 Å². The van der Waals surface area contributed by atoms with Gasteiger partial charge in [-0.15, -0.1) is 0 Å². The van der Waals surface area contributed by atoms with Crippen molar-refractivity contribution >= 4 is 5.91 Å². The molecule has 1 rings (SSSR count). The number of aliphatic hydroxyl groups is 1. The number of hydrogen-bond donors (Lipinski definition) is 1. The maximum Gasteiger partial charge on any atom is 0.222 e. The van der Waals surface area contributed by atoms with Crippen molar-refractivity contribution in [2.75, 3.05) is 14.1 Å². The molecule has 17 heavy (non-hydrogen) atoms. The Morgan fingerprint density at radius 3 is 2.65 bits per heavy atom. The minimum absolute atomic E-state index is 0.0669. The van der Waals surface area contributed by atoms with Crippen molar-refractivity contribution in [3.05, 3.63) is 35.4 Å². The minimum Gasteiger partial charge on any atom is -0.388 e. The zero-order valence-electron chi connectivity index (χ0n) is 9.78. The van der Waals surface area contributed by atoms with Crippen LogP contribution < -0.4 is 0 Å². The number of hydrogen-bond acceptors (Lipinski definition) is 2. The van der Waals surface area contributed by atoms with Gasteiger partial charge in [0, 0.05) is 26.1 Å². The van der Waals surface area contributed by atoms with Crippen LogP contribution in [0.15, 0.2) is 18.2 Å². The highest BCUT2D eigenvalue weighted by atomic mass is 19.1. The van der Waals surface area contributed by atoms with Gasteiger partial charge in [0.15, 0.2) is 0 Å². The van der Waals surface area contributed by atoms with Gasteiger partial charge in [0.25, 0.3) is 0 Å². The third kappa shape index (κ3) is 3.78. The van der Waals surface area contributed by atoms with Crippen LogP contribution in [0.1, 0.15) is 24.5 Å². The fraction of sp³-hybridized carbons (Fsp3) is 0.417. The van der Waals surface area contributed by atoms with E-state index in [2.05, 4.69) is 0 Å². The van der Waals surface area contributed by atoms with Gasteiger partial charge < -0.3 is 10.0 Å². The Bertz CT molecular complexity index is 407. The third-order valence-electron chi connectivity index (χ3n) is 2.45. The molecule has 94 valence electrons. The van der Waals surface area contributed by atoms with Crippen LogP contribution in [0.25, 0.3) is 0 Å². The second-order valence-corrected chi connectivity index (χ2v) is 4.01. The zero-order valence-corrected chi connectivity index (χ0v) is 9.78. The molecule has 0 aliphatic rings. The summed E-state index contributed by atoms with van der Waals surface area (Å²) in [6.45, 7) is 0. The summed E-state index contributed by atoms with van der Waals surface area (Å²) in [5.41, 5.74) is -0.114. The van der Waals surface area contributed by atoms with E-state index in [0.717, 1.165) is 18.2 Å². The number of benzene rings is 1. The Labute approximate surface area is 98.7 Å². The Balaban J connectivity index is 2.67. The van der Waals surface area contributed by atoms with E-state index in [9.17, 15) is 18.7 Å². The first-order chi connectivity index (χ1) is 7.91. The van der Waals surface area contributed by atoms with E-state index in [0.29, 0.717) is 0 Å². The Kier molecular flexibility index (Phi) is 4.57. The number of amides is 1. The van der Waals surface area contributed by atoms with E-state index in [-0.39, 0.29) is 24.3 Å². The quantitative estimate of drug-likeness (QED) is 0.877. The van der Waals surface area contributed by atoms with E-state index in [1.807, 2.05) is 0 Å². The molecule has 0 fully saturated rings. The molecule has 0 aromatic heterocycles. The lowest BCUT2D eigenvalue weighted by Crippen LogP contribution is -2.22. The standard InChI is InChI=1S/C12H15F2NO2/c1-15(2)12(17)6-5-11(16)9-7-8(13)3-4-10(9)14/h3-4,7,11,16H,5-6H2,1-2H3. The van der Waals surface area contributed by atoms with Gasteiger partial charge >= 0.3 is 0 Å². The van der Waals surface area contributed by atoms with Crippen molar-refractivity contribution in [3.63, 3.8) is 0 Å². The van der Waals surface area contributed by atoms with Crippen molar-refractivity contribution in [3.8, 4) is 0 Å². The van der Waals surface area contributed by atoms with Crippen LogP contribution >= 0.6 is 0 Å². The van der Waals surface area contributed by atoms with Crippen LogP contribution in [-0.4, -0.2) is 30.0 Å². The Hall–Kier alpha value is -1.49. The number of aliphatic hydroxyl groups excluding tert-OH is 1. The largest absolute Gasteiger partial charge is 0.388 e. The molecule has 0 spiro atoms. The van der Waals surface area contributed by atoms with Crippen LogP contribution in [0, 0.1) is 11.6 Å². The minimum atomic E-state index is -1.17. The van der Waals surface area contributed by atoms with Gasteiger partial charge in [-0.1, -0.05) is 0 Å². The van der Waals surface area contributed by atoms with Crippen LogP contribution in [0.5, 0.6) is 0 Å². The summed E-state index contributed by atoms with van der Waals surface area (Å²) in [5.74, 6) is -1.45. The molecule has 0 saturated heterocycles. The van der Waals surface area contributed by atoms with E-state index in [1.165, 1.54) is 4.90 Å². The fourth-order valence-corrected chi connectivity index (χ4v) is 1.41. The molecule has 0 heterocycles. The summed E-state index contributed by atoms with van der Waals surface area (Å²) in [4.78, 5) is 12.7. The fourth-order valence-electron chi connectivity index (χ4n) is 1.41. The van der Waals surface area contributed by atoms with Crippen LogP contribution in [0.2, 0.25) is 0 Å². The number of nitrogens with zero attached hydrogens (tertiary/aromatic N) is 1. The predicted molar refractivity (Wildman–Crippen MR) is 59.2 cm³/mol. The lowest BCUT2D eigenvalue weighted by atomic mass is 10.0. The zero-order chi connectivity index (χ0) is 13.0. The monoisotopic (exact) mass is 243 g/mol. The molecule has 0 bridgehead atoms. The van der Waals surface area contributed by atoms with Crippen LogP contribution in [0.3, 0.4) is 0 Å². The van der Waals surface area contributed by atoms with E-state index in [4.69, 9.17) is 0 Å². The summed E-state index contributed by atoms with van der Waals surface area (Å²) in [5, 5.41) is 9.68. The van der Waals surface area contributed by atoms with Crippen molar-refractivity contribution < 1.29 is 18.7 Å². The van der Waals surface area contributed by atoms with Crippen LogP contribution in [0.4, 0.5) is 8.78 Å². The molecule has 1 amide bonds. The third-order valence-corrected chi connectivity index (χ3v) is 2.45. The first kappa shape index (κ1) is 13.6. The van der Waals surface area contributed by atoms with Crippen molar-refractivity contribution in [2.45, 2.75) is 18.9 Å². The topological polar surface area (TPSA) is 40.5 Å². The van der Waals surface area contributed by atoms with Gasteiger partial charge in [-0.05, 0) is 24.6 Å². The number of halogens is 2. The second-order valence-electron chi connectivity index (χ2n) is 4.01. The first-order valence-corrected chi connectivity index (χ1v) is 5.25. The lowest BCUT2D eigenvalue weighted by molar-refractivity contribution is -0.129. The SMILES string of the molecule is CN(C)C(=O)CCC(O)c1cc(F)ccc1F. The molecule has 5 heteroatoms. The van der Waals surface area contributed by atoms with Crippen molar-refractivity contribution in [2.24, 2.45) is 0 Å². The lowest BCUT2D eigenvalue weighted by Gasteiger charge is -2.14. The Morgan fingerprint density at radius 2 is 2.06 bits per heavy atom. The highest BCUT2D eigenvalue weighted by Crippen LogP contribution is 2.22. The maximum atomic E-state index is 13.3. The molecule has 1 atom stereocenters. The van der Waals surface area contributed by atoms with E-state index >= 15 is 0 Å². The summed E-state index contributed by atoms with van der Waals surface area (Å²) in [6.07, 6.45) is -1.02. The molecule has 3 nitrogen and oxygen atoms in total. The molecule has 0 aliphatic carbocycles. The average molecular weight is 243 g/mol. The predicted octanol–water partition coefficient (Wildman–Crippen LogP) is 1.87. The first-order valence-electron chi connectivity index (χ1n) is 5.25. The summed E-state index contributed by atoms with van der Waals surface area (Å²) >= 11 is 0. The summed E-state index contributed by atoms with van der Waals surface area (Å²) in [7, 11) is 3.19. The summed E-state index contributed by atoms with van der Waals surface area (Å²) in [6, 6.07) is 2.89. The average Bonchev–Trinajstić information content (AvgIpc) is 2.28. The molecule has 1 unspecified atom stereocenters. The van der Waals surface area contributed by atoms with Gasteiger partial charge in [0.05, 0.1) is 6.10 Å². The molecule has 1 aromatic carbocycles. The molecule has 1 aromatic rings. The molecule has 1 N–H and O–H groups in total. The van der Waals surface area contributed by atoms with Gasteiger partial charge in [-0.3, -0.25) is 4.79 Å². The highest BCUT2D eigenvalue weighted by molar-refractivity contribution is 5.75. The van der Waals surface area contributed by atoms with Crippen molar-refractivity contribution in [1.82, 2.24) is 4.90 Å². The van der Waals surface area contributed by atoms with Gasteiger partial charge in [0.2, 0.25) is 5.91 Å².